The Morgan fingerprint density at radius 1 is 1.39 bits per heavy atom. The molecular formula is C13H12ClNO2S. The van der Waals surface area contributed by atoms with E-state index in [9.17, 15) is 4.79 Å². The fourth-order valence-electron chi connectivity index (χ4n) is 1.58. The fraction of sp³-hybridized carbons (Fsp3) is 0.154. The molecule has 94 valence electrons. The minimum Gasteiger partial charge on any atom is -0.478 e. The molecule has 2 rings (SSSR count). The molecule has 0 radical (unpaired) electrons. The number of benzene rings is 1. The van der Waals surface area contributed by atoms with Crippen molar-refractivity contribution in [1.29, 1.82) is 0 Å². The first-order valence-electron chi connectivity index (χ1n) is 5.46. The molecule has 1 aromatic heterocycles. The quantitative estimate of drug-likeness (QED) is 0.877. The third-order valence-electron chi connectivity index (χ3n) is 2.48. The molecule has 0 aliphatic heterocycles. The van der Waals surface area contributed by atoms with Crippen molar-refractivity contribution in [2.75, 3.05) is 11.9 Å². The predicted octanol–water partition coefficient (Wildman–Crippen LogP) is 3.75. The van der Waals surface area contributed by atoms with Gasteiger partial charge < -0.3 is 10.4 Å². The summed E-state index contributed by atoms with van der Waals surface area (Å²) in [5, 5.41) is 14.4. The number of carbonyl (C=O) groups is 1. The zero-order valence-corrected chi connectivity index (χ0v) is 11.1. The van der Waals surface area contributed by atoms with E-state index in [-0.39, 0.29) is 10.6 Å². The Balaban J connectivity index is 1.94. The number of rotatable bonds is 5. The molecular weight excluding hydrogens is 270 g/mol. The molecule has 5 heteroatoms. The van der Waals surface area contributed by atoms with Crippen molar-refractivity contribution in [3.63, 3.8) is 0 Å². The molecule has 0 amide bonds. The summed E-state index contributed by atoms with van der Waals surface area (Å²) in [6.07, 6.45) is 0.940. The van der Waals surface area contributed by atoms with Crippen LogP contribution in [0.1, 0.15) is 15.2 Å². The van der Waals surface area contributed by atoms with Crippen LogP contribution < -0.4 is 5.32 Å². The normalized spacial score (nSPS) is 10.3. The van der Waals surface area contributed by atoms with Crippen molar-refractivity contribution in [2.45, 2.75) is 6.42 Å². The van der Waals surface area contributed by atoms with Crippen LogP contribution >= 0.6 is 22.9 Å². The second-order valence-electron chi connectivity index (χ2n) is 3.76. The molecule has 1 heterocycles. The average molecular weight is 282 g/mol. The number of aromatic carboxylic acids is 1. The Kier molecular flexibility index (Phi) is 4.23. The second-order valence-corrected chi connectivity index (χ2v) is 5.20. The van der Waals surface area contributed by atoms with Gasteiger partial charge in [0, 0.05) is 17.1 Å². The number of halogens is 1. The summed E-state index contributed by atoms with van der Waals surface area (Å²) < 4.78 is 0. The van der Waals surface area contributed by atoms with E-state index in [0.29, 0.717) is 0 Å². The van der Waals surface area contributed by atoms with Crippen molar-refractivity contribution in [1.82, 2.24) is 0 Å². The molecule has 0 aliphatic carbocycles. The third kappa shape index (κ3) is 3.24. The molecule has 3 nitrogen and oxygen atoms in total. The number of hydrogen-bond donors (Lipinski definition) is 2. The molecule has 0 spiro atoms. The van der Waals surface area contributed by atoms with Gasteiger partial charge in [0.05, 0.1) is 10.6 Å². The number of thiophene rings is 1. The maximum absolute atomic E-state index is 10.8. The summed E-state index contributed by atoms with van der Waals surface area (Å²) in [6, 6.07) is 8.99. The summed E-state index contributed by atoms with van der Waals surface area (Å²) in [5.41, 5.74) is 0.960. The second kappa shape index (κ2) is 5.89. The zero-order chi connectivity index (χ0) is 13.0. The third-order valence-corrected chi connectivity index (χ3v) is 3.73. The summed E-state index contributed by atoms with van der Waals surface area (Å²) >= 11 is 7.61. The van der Waals surface area contributed by atoms with Gasteiger partial charge in [-0.25, -0.2) is 4.79 Å². The van der Waals surface area contributed by atoms with Gasteiger partial charge >= 0.3 is 5.97 Å². The standard InChI is InChI=1S/C13H12ClNO2S/c14-12-8-9(3-4-11(12)13(16)17)15-6-5-10-2-1-7-18-10/h1-4,7-8,15H,5-6H2,(H,16,17). The van der Waals surface area contributed by atoms with E-state index in [2.05, 4.69) is 11.4 Å². The highest BCUT2D eigenvalue weighted by atomic mass is 35.5. The molecule has 18 heavy (non-hydrogen) atoms. The Bertz CT molecular complexity index is 540. The molecule has 1 aromatic carbocycles. The lowest BCUT2D eigenvalue weighted by atomic mass is 10.2. The highest BCUT2D eigenvalue weighted by Gasteiger charge is 2.08. The minimum atomic E-state index is -1.01. The lowest BCUT2D eigenvalue weighted by Gasteiger charge is -2.07. The first kappa shape index (κ1) is 12.9. The monoisotopic (exact) mass is 281 g/mol. The van der Waals surface area contributed by atoms with Crippen molar-refractivity contribution in [3.8, 4) is 0 Å². The molecule has 2 aromatic rings. The topological polar surface area (TPSA) is 49.3 Å². The number of carboxylic acid groups (broad SMARTS) is 1. The lowest BCUT2D eigenvalue weighted by Crippen LogP contribution is -2.05. The van der Waals surface area contributed by atoms with Crippen LogP contribution in [0, 0.1) is 0 Å². The van der Waals surface area contributed by atoms with Crippen molar-refractivity contribution < 1.29 is 9.90 Å². The van der Waals surface area contributed by atoms with Crippen molar-refractivity contribution >= 4 is 34.6 Å². The maximum atomic E-state index is 10.8. The van der Waals surface area contributed by atoms with Gasteiger partial charge in [0.15, 0.2) is 0 Å². The molecule has 0 aliphatic rings. The van der Waals surface area contributed by atoms with Crippen LogP contribution in [0.2, 0.25) is 5.02 Å². The van der Waals surface area contributed by atoms with Crippen molar-refractivity contribution in [2.24, 2.45) is 0 Å². The van der Waals surface area contributed by atoms with E-state index in [1.165, 1.54) is 10.9 Å². The van der Waals surface area contributed by atoms with Crippen LogP contribution in [0.4, 0.5) is 5.69 Å². The molecule has 2 N–H and O–H groups in total. The van der Waals surface area contributed by atoms with Gasteiger partial charge in [-0.05, 0) is 36.1 Å². The zero-order valence-electron chi connectivity index (χ0n) is 9.52. The highest BCUT2D eigenvalue weighted by Crippen LogP contribution is 2.21. The molecule has 0 fully saturated rings. The van der Waals surface area contributed by atoms with Crippen LogP contribution in [-0.2, 0) is 6.42 Å². The lowest BCUT2D eigenvalue weighted by molar-refractivity contribution is 0.0697. The minimum absolute atomic E-state index is 0.125. The Hall–Kier alpha value is -1.52. The van der Waals surface area contributed by atoms with Crippen LogP contribution in [-0.4, -0.2) is 17.6 Å². The van der Waals surface area contributed by atoms with Gasteiger partial charge in [-0.15, -0.1) is 11.3 Å². The van der Waals surface area contributed by atoms with Gasteiger partial charge in [0.25, 0.3) is 0 Å². The maximum Gasteiger partial charge on any atom is 0.337 e. The van der Waals surface area contributed by atoms with E-state index in [1.807, 2.05) is 11.4 Å². The summed E-state index contributed by atoms with van der Waals surface area (Å²) in [4.78, 5) is 12.1. The van der Waals surface area contributed by atoms with Gasteiger partial charge in [-0.2, -0.15) is 0 Å². The van der Waals surface area contributed by atoms with E-state index in [1.54, 1.807) is 23.5 Å². The van der Waals surface area contributed by atoms with Crippen LogP contribution in [0.3, 0.4) is 0 Å². The molecule has 0 unspecified atom stereocenters. The smallest absolute Gasteiger partial charge is 0.337 e. The van der Waals surface area contributed by atoms with Gasteiger partial charge in [-0.1, -0.05) is 17.7 Å². The van der Waals surface area contributed by atoms with Crippen LogP contribution in [0.5, 0.6) is 0 Å². The van der Waals surface area contributed by atoms with E-state index in [0.717, 1.165) is 18.7 Å². The number of nitrogens with one attached hydrogen (secondary N) is 1. The van der Waals surface area contributed by atoms with Crippen molar-refractivity contribution in [3.05, 3.63) is 51.2 Å². The first-order valence-corrected chi connectivity index (χ1v) is 6.71. The number of anilines is 1. The SMILES string of the molecule is O=C(O)c1ccc(NCCc2cccs2)cc1Cl. The number of carboxylic acids is 1. The average Bonchev–Trinajstić information content (AvgIpc) is 2.81. The van der Waals surface area contributed by atoms with Gasteiger partial charge in [0.2, 0.25) is 0 Å². The predicted molar refractivity (Wildman–Crippen MR) is 74.9 cm³/mol. The molecule has 0 bridgehead atoms. The van der Waals surface area contributed by atoms with Crippen LogP contribution in [0.25, 0.3) is 0 Å². The fourth-order valence-corrected chi connectivity index (χ4v) is 2.55. The molecule has 0 atom stereocenters. The van der Waals surface area contributed by atoms with E-state index >= 15 is 0 Å². The van der Waals surface area contributed by atoms with E-state index < -0.39 is 5.97 Å². The largest absolute Gasteiger partial charge is 0.478 e. The van der Waals surface area contributed by atoms with E-state index in [4.69, 9.17) is 16.7 Å². The Morgan fingerprint density at radius 2 is 2.22 bits per heavy atom. The molecule has 0 saturated carbocycles. The summed E-state index contributed by atoms with van der Waals surface area (Å²) in [6.45, 7) is 0.795. The Labute approximate surface area is 114 Å². The van der Waals surface area contributed by atoms with Gasteiger partial charge in [0.1, 0.15) is 0 Å². The number of hydrogen-bond acceptors (Lipinski definition) is 3. The summed E-state index contributed by atoms with van der Waals surface area (Å²) in [5.74, 6) is -1.01. The first-order chi connectivity index (χ1) is 8.66. The highest BCUT2D eigenvalue weighted by molar-refractivity contribution is 7.09. The molecule has 0 saturated heterocycles. The summed E-state index contributed by atoms with van der Waals surface area (Å²) in [7, 11) is 0. The van der Waals surface area contributed by atoms with Gasteiger partial charge in [-0.3, -0.25) is 0 Å². The Morgan fingerprint density at radius 3 is 2.83 bits per heavy atom. The van der Waals surface area contributed by atoms with Crippen LogP contribution in [0.15, 0.2) is 35.7 Å².